The van der Waals surface area contributed by atoms with Crippen LogP contribution in [0.5, 0.6) is 0 Å². The number of rotatable bonds is 3. The molecule has 1 amide bonds. The number of halogens is 1. The number of carbonyl (C=O) groups is 1. The Bertz CT molecular complexity index is 609. The molecule has 19 heavy (non-hydrogen) atoms. The molecule has 2 aromatic rings. The zero-order valence-corrected chi connectivity index (χ0v) is 12.5. The first kappa shape index (κ1) is 14.0. The van der Waals surface area contributed by atoms with Crippen molar-refractivity contribution >= 4 is 34.0 Å². The Morgan fingerprint density at radius 2 is 2.11 bits per heavy atom. The van der Waals surface area contributed by atoms with Crippen LogP contribution in [0.3, 0.4) is 0 Å². The molecule has 0 atom stereocenters. The van der Waals surface area contributed by atoms with Gasteiger partial charge in [-0.05, 0) is 38.5 Å². The summed E-state index contributed by atoms with van der Waals surface area (Å²) in [6.07, 6.45) is 0. The van der Waals surface area contributed by atoms with E-state index in [1.165, 1.54) is 11.3 Å². The molecule has 4 nitrogen and oxygen atoms in total. The molecular formula is C13H14ClN3OS. The highest BCUT2D eigenvalue weighted by Crippen LogP contribution is 2.27. The lowest BCUT2D eigenvalue weighted by Crippen LogP contribution is -2.34. The number of nitrogens with zero attached hydrogens (tertiary/aromatic N) is 2. The topological polar surface area (TPSA) is 54.9 Å². The zero-order chi connectivity index (χ0) is 14.0. The first-order valence-corrected chi connectivity index (χ1v) is 6.96. The van der Waals surface area contributed by atoms with Crippen molar-refractivity contribution in [1.29, 1.82) is 0 Å². The van der Waals surface area contributed by atoms with Crippen molar-refractivity contribution in [1.82, 2.24) is 10.2 Å². The van der Waals surface area contributed by atoms with Crippen LogP contribution in [0.25, 0.3) is 0 Å². The zero-order valence-electron chi connectivity index (χ0n) is 10.9. The van der Waals surface area contributed by atoms with Crippen LogP contribution in [0.1, 0.15) is 24.4 Å². The SMILES string of the molecule is Cc1nnc(NC(=O)C(C)(C)c2cccc(Cl)c2)s1. The maximum Gasteiger partial charge on any atom is 0.236 e. The summed E-state index contributed by atoms with van der Waals surface area (Å²) < 4.78 is 0. The van der Waals surface area contributed by atoms with Gasteiger partial charge in [-0.25, -0.2) is 0 Å². The average Bonchev–Trinajstić information content (AvgIpc) is 2.74. The Morgan fingerprint density at radius 3 is 2.68 bits per heavy atom. The molecule has 1 aromatic carbocycles. The van der Waals surface area contributed by atoms with Crippen LogP contribution in [0, 0.1) is 6.92 Å². The van der Waals surface area contributed by atoms with E-state index >= 15 is 0 Å². The number of aryl methyl sites for hydroxylation is 1. The third kappa shape index (κ3) is 3.11. The van der Waals surface area contributed by atoms with Gasteiger partial charge in [-0.3, -0.25) is 10.1 Å². The molecule has 0 aliphatic rings. The second-order valence-electron chi connectivity index (χ2n) is 4.72. The van der Waals surface area contributed by atoms with Crippen molar-refractivity contribution < 1.29 is 4.79 Å². The summed E-state index contributed by atoms with van der Waals surface area (Å²) in [4.78, 5) is 12.3. The second kappa shape index (κ2) is 5.27. The van der Waals surface area contributed by atoms with Crippen LogP contribution < -0.4 is 5.32 Å². The van der Waals surface area contributed by atoms with E-state index in [0.717, 1.165) is 10.6 Å². The molecule has 0 spiro atoms. The van der Waals surface area contributed by atoms with Crippen molar-refractivity contribution in [3.8, 4) is 0 Å². The van der Waals surface area contributed by atoms with Gasteiger partial charge in [0.2, 0.25) is 11.0 Å². The van der Waals surface area contributed by atoms with E-state index in [4.69, 9.17) is 11.6 Å². The Balaban J connectivity index is 2.21. The minimum atomic E-state index is -0.690. The molecule has 6 heteroatoms. The quantitative estimate of drug-likeness (QED) is 0.944. The first-order valence-electron chi connectivity index (χ1n) is 5.77. The van der Waals surface area contributed by atoms with Crippen molar-refractivity contribution in [2.45, 2.75) is 26.2 Å². The molecule has 0 unspecified atom stereocenters. The largest absolute Gasteiger partial charge is 0.300 e. The van der Waals surface area contributed by atoms with Crippen LogP contribution in [0.15, 0.2) is 24.3 Å². The summed E-state index contributed by atoms with van der Waals surface area (Å²) in [5.74, 6) is -0.133. The maximum absolute atomic E-state index is 12.3. The van der Waals surface area contributed by atoms with Gasteiger partial charge >= 0.3 is 0 Å². The van der Waals surface area contributed by atoms with Crippen LogP contribution >= 0.6 is 22.9 Å². The molecule has 1 aromatic heterocycles. The fraction of sp³-hybridized carbons (Fsp3) is 0.308. The summed E-state index contributed by atoms with van der Waals surface area (Å²) in [6.45, 7) is 5.54. The van der Waals surface area contributed by atoms with Gasteiger partial charge in [-0.2, -0.15) is 0 Å². The number of carbonyl (C=O) groups excluding carboxylic acids is 1. The molecule has 1 N–H and O–H groups in total. The third-order valence-corrected chi connectivity index (χ3v) is 3.85. The van der Waals surface area contributed by atoms with Crippen LogP contribution in [-0.2, 0) is 10.2 Å². The molecule has 0 fully saturated rings. The molecule has 1 heterocycles. The minimum Gasteiger partial charge on any atom is -0.300 e. The summed E-state index contributed by atoms with van der Waals surface area (Å²) in [7, 11) is 0. The predicted octanol–water partition coefficient (Wildman–Crippen LogP) is 3.42. The second-order valence-corrected chi connectivity index (χ2v) is 6.33. The monoisotopic (exact) mass is 295 g/mol. The van der Waals surface area contributed by atoms with Crippen molar-refractivity contribution in [2.75, 3.05) is 5.32 Å². The molecule has 0 bridgehead atoms. The van der Waals surface area contributed by atoms with E-state index in [9.17, 15) is 4.79 Å². The van der Waals surface area contributed by atoms with Gasteiger partial charge in [0.15, 0.2) is 0 Å². The molecule has 0 saturated heterocycles. The minimum absolute atomic E-state index is 0.133. The van der Waals surface area contributed by atoms with E-state index in [2.05, 4.69) is 15.5 Å². The number of aromatic nitrogens is 2. The summed E-state index contributed by atoms with van der Waals surface area (Å²) >= 11 is 7.32. The van der Waals surface area contributed by atoms with Gasteiger partial charge in [-0.15, -0.1) is 10.2 Å². The highest BCUT2D eigenvalue weighted by atomic mass is 35.5. The number of benzene rings is 1. The van der Waals surface area contributed by atoms with Crippen molar-refractivity contribution in [3.63, 3.8) is 0 Å². The normalized spacial score (nSPS) is 11.4. The molecule has 0 aliphatic heterocycles. The van der Waals surface area contributed by atoms with Crippen LogP contribution in [-0.4, -0.2) is 16.1 Å². The van der Waals surface area contributed by atoms with Gasteiger partial charge in [-0.1, -0.05) is 35.1 Å². The van der Waals surface area contributed by atoms with E-state index in [-0.39, 0.29) is 5.91 Å². The Labute approximate surface area is 120 Å². The Morgan fingerprint density at radius 1 is 1.37 bits per heavy atom. The average molecular weight is 296 g/mol. The molecule has 2 rings (SSSR count). The van der Waals surface area contributed by atoms with Crippen molar-refractivity contribution in [2.24, 2.45) is 0 Å². The lowest BCUT2D eigenvalue weighted by atomic mass is 9.84. The molecule has 100 valence electrons. The van der Waals surface area contributed by atoms with E-state index in [0.29, 0.717) is 10.2 Å². The summed E-state index contributed by atoms with van der Waals surface area (Å²) in [5.41, 5.74) is 0.170. The van der Waals surface area contributed by atoms with Gasteiger partial charge in [0, 0.05) is 5.02 Å². The maximum atomic E-state index is 12.3. The highest BCUT2D eigenvalue weighted by Gasteiger charge is 2.30. The summed E-state index contributed by atoms with van der Waals surface area (Å²) in [6, 6.07) is 7.30. The molecule has 0 aliphatic carbocycles. The van der Waals surface area contributed by atoms with E-state index in [1.807, 2.05) is 32.9 Å². The number of anilines is 1. The Kier molecular flexibility index (Phi) is 3.87. The lowest BCUT2D eigenvalue weighted by molar-refractivity contribution is -0.120. The smallest absolute Gasteiger partial charge is 0.236 e. The fourth-order valence-electron chi connectivity index (χ4n) is 1.61. The molecule has 0 radical (unpaired) electrons. The number of hydrogen-bond donors (Lipinski definition) is 1. The third-order valence-electron chi connectivity index (χ3n) is 2.86. The summed E-state index contributed by atoms with van der Waals surface area (Å²) in [5, 5.41) is 12.5. The lowest BCUT2D eigenvalue weighted by Gasteiger charge is -2.23. The van der Waals surface area contributed by atoms with Crippen LogP contribution in [0.4, 0.5) is 5.13 Å². The van der Waals surface area contributed by atoms with Crippen LogP contribution in [0.2, 0.25) is 5.02 Å². The molecular weight excluding hydrogens is 282 g/mol. The highest BCUT2D eigenvalue weighted by molar-refractivity contribution is 7.15. The first-order chi connectivity index (χ1) is 8.89. The Hall–Kier alpha value is -1.46. The van der Waals surface area contributed by atoms with Gasteiger partial charge in [0.1, 0.15) is 5.01 Å². The molecule has 0 saturated carbocycles. The number of hydrogen-bond acceptors (Lipinski definition) is 4. The van der Waals surface area contributed by atoms with Gasteiger partial charge < -0.3 is 0 Å². The fourth-order valence-corrected chi connectivity index (χ4v) is 2.39. The van der Waals surface area contributed by atoms with E-state index in [1.54, 1.807) is 12.1 Å². The van der Waals surface area contributed by atoms with Gasteiger partial charge in [0.05, 0.1) is 5.41 Å². The number of nitrogens with one attached hydrogen (secondary N) is 1. The van der Waals surface area contributed by atoms with E-state index < -0.39 is 5.41 Å². The number of amides is 1. The standard InChI is InChI=1S/C13H14ClN3OS/c1-8-16-17-12(19-8)15-11(18)13(2,3)9-5-4-6-10(14)7-9/h4-7H,1-3H3,(H,15,17,18). The van der Waals surface area contributed by atoms with Crippen molar-refractivity contribution in [3.05, 3.63) is 39.9 Å². The van der Waals surface area contributed by atoms with Gasteiger partial charge in [0.25, 0.3) is 0 Å². The predicted molar refractivity (Wildman–Crippen MR) is 77.8 cm³/mol.